The van der Waals surface area contributed by atoms with Crippen molar-refractivity contribution in [3.05, 3.63) is 0 Å². The summed E-state index contributed by atoms with van der Waals surface area (Å²) in [5.41, 5.74) is 3.10. The Balaban J connectivity index is 1.97. The van der Waals surface area contributed by atoms with Crippen molar-refractivity contribution in [3.63, 3.8) is 0 Å². The van der Waals surface area contributed by atoms with Gasteiger partial charge in [0.25, 0.3) is 0 Å². The Hall–Kier alpha value is -0.120. The van der Waals surface area contributed by atoms with E-state index < -0.39 is 0 Å². The molecule has 3 nitrogen and oxygen atoms in total. The first-order valence-corrected chi connectivity index (χ1v) is 5.23. The SMILES string of the molecule is CCC1CCC(NOCCOC)C1. The molecule has 0 heterocycles. The average Bonchev–Trinajstić information content (AvgIpc) is 2.60. The molecule has 1 saturated carbocycles. The summed E-state index contributed by atoms with van der Waals surface area (Å²) in [5.74, 6) is 0.906. The Kier molecular flexibility index (Phi) is 5.35. The van der Waals surface area contributed by atoms with Crippen LogP contribution in [0.2, 0.25) is 0 Å². The zero-order valence-electron chi connectivity index (χ0n) is 8.71. The van der Waals surface area contributed by atoms with Crippen LogP contribution in [0.15, 0.2) is 0 Å². The van der Waals surface area contributed by atoms with E-state index in [2.05, 4.69) is 12.4 Å². The summed E-state index contributed by atoms with van der Waals surface area (Å²) in [4.78, 5) is 5.28. The zero-order valence-corrected chi connectivity index (χ0v) is 8.71. The molecular formula is C10H21NO2. The molecule has 1 aliphatic carbocycles. The van der Waals surface area contributed by atoms with Gasteiger partial charge in [-0.25, -0.2) is 0 Å². The monoisotopic (exact) mass is 187 g/mol. The van der Waals surface area contributed by atoms with E-state index in [9.17, 15) is 0 Å². The first kappa shape index (κ1) is 11.0. The van der Waals surface area contributed by atoms with Crippen LogP contribution in [0.1, 0.15) is 32.6 Å². The highest BCUT2D eigenvalue weighted by atomic mass is 16.7. The van der Waals surface area contributed by atoms with Crippen LogP contribution in [0.5, 0.6) is 0 Å². The van der Waals surface area contributed by atoms with Crippen LogP contribution in [0.4, 0.5) is 0 Å². The predicted octanol–water partition coefficient (Wildman–Crippen LogP) is 1.73. The second kappa shape index (κ2) is 6.35. The molecule has 0 bridgehead atoms. The minimum absolute atomic E-state index is 0.571. The molecule has 13 heavy (non-hydrogen) atoms. The van der Waals surface area contributed by atoms with Crippen LogP contribution in [0, 0.1) is 5.92 Å². The molecule has 0 radical (unpaired) electrons. The molecule has 0 spiro atoms. The molecule has 2 unspecified atom stereocenters. The van der Waals surface area contributed by atoms with Gasteiger partial charge < -0.3 is 4.74 Å². The first-order valence-electron chi connectivity index (χ1n) is 5.23. The van der Waals surface area contributed by atoms with Gasteiger partial charge in [0, 0.05) is 13.2 Å². The fourth-order valence-corrected chi connectivity index (χ4v) is 1.85. The number of methoxy groups -OCH3 is 1. The summed E-state index contributed by atoms with van der Waals surface area (Å²) in [6.07, 6.45) is 5.17. The lowest BCUT2D eigenvalue weighted by atomic mass is 10.1. The number of hydrogen-bond acceptors (Lipinski definition) is 3. The first-order chi connectivity index (χ1) is 6.36. The van der Waals surface area contributed by atoms with Crippen LogP contribution in [0.25, 0.3) is 0 Å². The second-order valence-electron chi connectivity index (χ2n) is 3.74. The van der Waals surface area contributed by atoms with Gasteiger partial charge in [-0.3, -0.25) is 4.84 Å². The van der Waals surface area contributed by atoms with Crippen LogP contribution in [-0.2, 0) is 9.57 Å². The average molecular weight is 187 g/mol. The van der Waals surface area contributed by atoms with E-state index in [0.29, 0.717) is 19.3 Å². The van der Waals surface area contributed by atoms with Gasteiger partial charge in [-0.05, 0) is 25.2 Å². The Morgan fingerprint density at radius 2 is 2.15 bits per heavy atom. The highest BCUT2D eigenvalue weighted by Gasteiger charge is 2.22. The fraction of sp³-hybridized carbons (Fsp3) is 1.00. The van der Waals surface area contributed by atoms with Crippen molar-refractivity contribution < 1.29 is 9.57 Å². The Bertz CT molecular complexity index is 130. The molecule has 1 N–H and O–H groups in total. The van der Waals surface area contributed by atoms with Gasteiger partial charge in [0.15, 0.2) is 0 Å². The quantitative estimate of drug-likeness (QED) is 0.507. The second-order valence-corrected chi connectivity index (χ2v) is 3.74. The lowest BCUT2D eigenvalue weighted by Gasteiger charge is -2.12. The summed E-state index contributed by atoms with van der Waals surface area (Å²) in [6, 6.07) is 0.571. The highest BCUT2D eigenvalue weighted by molar-refractivity contribution is 4.77. The smallest absolute Gasteiger partial charge is 0.0915 e. The number of hydroxylamine groups is 1. The van der Waals surface area contributed by atoms with E-state index in [1.54, 1.807) is 7.11 Å². The Labute approximate surface area is 80.7 Å². The number of hydrogen-bond donors (Lipinski definition) is 1. The van der Waals surface area contributed by atoms with E-state index in [4.69, 9.17) is 9.57 Å². The van der Waals surface area contributed by atoms with Crippen molar-refractivity contribution in [2.24, 2.45) is 5.92 Å². The third-order valence-electron chi connectivity index (χ3n) is 2.76. The minimum atomic E-state index is 0.571. The number of nitrogens with one attached hydrogen (secondary N) is 1. The molecule has 78 valence electrons. The van der Waals surface area contributed by atoms with E-state index in [1.165, 1.54) is 25.7 Å². The van der Waals surface area contributed by atoms with Gasteiger partial charge >= 0.3 is 0 Å². The topological polar surface area (TPSA) is 30.5 Å². The molecule has 0 aromatic heterocycles. The molecule has 0 aromatic carbocycles. The molecule has 1 aliphatic rings. The normalized spacial score (nSPS) is 28.2. The van der Waals surface area contributed by atoms with Crippen molar-refractivity contribution in [1.29, 1.82) is 0 Å². The Morgan fingerprint density at radius 3 is 2.77 bits per heavy atom. The van der Waals surface area contributed by atoms with Gasteiger partial charge in [0.05, 0.1) is 13.2 Å². The van der Waals surface area contributed by atoms with E-state index in [-0.39, 0.29) is 0 Å². The minimum Gasteiger partial charge on any atom is -0.382 e. The summed E-state index contributed by atoms with van der Waals surface area (Å²) in [7, 11) is 1.69. The molecule has 0 amide bonds. The highest BCUT2D eigenvalue weighted by Crippen LogP contribution is 2.27. The molecule has 3 heteroatoms. The summed E-state index contributed by atoms with van der Waals surface area (Å²) >= 11 is 0. The summed E-state index contributed by atoms with van der Waals surface area (Å²) in [5, 5.41) is 0. The summed E-state index contributed by atoms with van der Waals surface area (Å²) < 4.78 is 4.88. The van der Waals surface area contributed by atoms with E-state index in [1.807, 2.05) is 0 Å². The van der Waals surface area contributed by atoms with Crippen LogP contribution < -0.4 is 5.48 Å². The zero-order chi connectivity index (χ0) is 9.52. The molecule has 1 fully saturated rings. The lowest BCUT2D eigenvalue weighted by Crippen LogP contribution is -2.28. The molecule has 1 rings (SSSR count). The van der Waals surface area contributed by atoms with Gasteiger partial charge in [-0.1, -0.05) is 13.3 Å². The van der Waals surface area contributed by atoms with E-state index >= 15 is 0 Å². The van der Waals surface area contributed by atoms with Crippen molar-refractivity contribution in [2.75, 3.05) is 20.3 Å². The molecule has 2 atom stereocenters. The van der Waals surface area contributed by atoms with E-state index in [0.717, 1.165) is 5.92 Å². The maximum atomic E-state index is 5.28. The van der Waals surface area contributed by atoms with Gasteiger partial charge in [0.1, 0.15) is 0 Å². The molecule has 0 saturated heterocycles. The third-order valence-corrected chi connectivity index (χ3v) is 2.76. The van der Waals surface area contributed by atoms with Crippen molar-refractivity contribution in [2.45, 2.75) is 38.6 Å². The molecular weight excluding hydrogens is 166 g/mol. The fourth-order valence-electron chi connectivity index (χ4n) is 1.85. The van der Waals surface area contributed by atoms with Crippen LogP contribution in [0.3, 0.4) is 0 Å². The van der Waals surface area contributed by atoms with Crippen LogP contribution >= 0.6 is 0 Å². The van der Waals surface area contributed by atoms with Gasteiger partial charge in [-0.2, -0.15) is 5.48 Å². The maximum absolute atomic E-state index is 5.28. The van der Waals surface area contributed by atoms with Crippen LogP contribution in [-0.4, -0.2) is 26.4 Å². The number of ether oxygens (including phenoxy) is 1. The number of rotatable bonds is 6. The standard InChI is InChI=1S/C10H21NO2/c1-3-9-4-5-10(8-9)11-13-7-6-12-2/h9-11H,3-8H2,1-2H3. The Morgan fingerprint density at radius 1 is 1.31 bits per heavy atom. The molecule has 0 aliphatic heterocycles. The lowest BCUT2D eigenvalue weighted by molar-refractivity contribution is -0.0113. The van der Waals surface area contributed by atoms with Gasteiger partial charge in [0.2, 0.25) is 0 Å². The molecule has 0 aromatic rings. The van der Waals surface area contributed by atoms with Crippen molar-refractivity contribution >= 4 is 0 Å². The van der Waals surface area contributed by atoms with Gasteiger partial charge in [-0.15, -0.1) is 0 Å². The van der Waals surface area contributed by atoms with Crippen molar-refractivity contribution in [3.8, 4) is 0 Å². The summed E-state index contributed by atoms with van der Waals surface area (Å²) in [6.45, 7) is 3.57. The maximum Gasteiger partial charge on any atom is 0.0915 e. The van der Waals surface area contributed by atoms with Crippen molar-refractivity contribution in [1.82, 2.24) is 5.48 Å². The third kappa shape index (κ3) is 4.07. The predicted molar refractivity (Wildman–Crippen MR) is 52.4 cm³/mol. The largest absolute Gasteiger partial charge is 0.382 e.